The fourth-order valence-corrected chi connectivity index (χ4v) is 3.81. The summed E-state index contributed by atoms with van der Waals surface area (Å²) in [6.45, 7) is 1.09. The Morgan fingerprint density at radius 3 is 2.90 bits per heavy atom. The van der Waals surface area contributed by atoms with Crippen molar-refractivity contribution in [2.75, 3.05) is 25.0 Å². The first-order valence-corrected chi connectivity index (χ1v) is 10.1. The van der Waals surface area contributed by atoms with E-state index in [1.165, 1.54) is 6.33 Å². The molecule has 1 amide bonds. The highest BCUT2D eigenvalue weighted by Crippen LogP contribution is 2.34. The molecular formula is C22H25N5O3. The molecular weight excluding hydrogens is 382 g/mol. The number of amides is 1. The van der Waals surface area contributed by atoms with E-state index in [1.807, 2.05) is 29.2 Å². The smallest absolute Gasteiger partial charge is 0.236 e. The zero-order valence-electron chi connectivity index (χ0n) is 16.6. The molecule has 4 rings (SSSR count). The van der Waals surface area contributed by atoms with Gasteiger partial charge in [0.05, 0.1) is 29.2 Å². The van der Waals surface area contributed by atoms with Gasteiger partial charge < -0.3 is 25.8 Å². The maximum atomic E-state index is 12.2. The average Bonchev–Trinajstić information content (AvgIpc) is 2.79. The molecule has 1 aromatic heterocycles. The number of aromatic hydroxyl groups is 1. The number of fused-ring (bicyclic) bond motifs is 1. The first-order chi connectivity index (χ1) is 14.7. The standard InChI is InChI=1S/C22H25N5O3/c23-12-20(29)27-11-4-3-6-15(27)13-30-19-10-5-8-17-21(19)22(25-14-24-17)26-16-7-1-2-9-18(16)28/h1-2,5,7-10,14-15,28H,3-4,6,11-13,23H2,(H,24,25,26)/t15-/m0/s1. The Balaban J connectivity index is 1.61. The summed E-state index contributed by atoms with van der Waals surface area (Å²) in [4.78, 5) is 22.7. The minimum absolute atomic E-state index is 0.00719. The van der Waals surface area contributed by atoms with Gasteiger partial charge in [-0.1, -0.05) is 18.2 Å². The van der Waals surface area contributed by atoms with Gasteiger partial charge in [-0.25, -0.2) is 9.97 Å². The van der Waals surface area contributed by atoms with Gasteiger partial charge in [0.25, 0.3) is 0 Å². The van der Waals surface area contributed by atoms with Crippen molar-refractivity contribution in [1.82, 2.24) is 14.9 Å². The Labute approximate surface area is 174 Å². The number of hydrogen-bond donors (Lipinski definition) is 3. The van der Waals surface area contributed by atoms with Crippen molar-refractivity contribution in [3.05, 3.63) is 48.8 Å². The van der Waals surface area contributed by atoms with Crippen molar-refractivity contribution in [2.24, 2.45) is 5.73 Å². The van der Waals surface area contributed by atoms with Crippen molar-refractivity contribution < 1.29 is 14.6 Å². The van der Waals surface area contributed by atoms with Crippen LogP contribution in [0.25, 0.3) is 10.9 Å². The first kappa shape index (κ1) is 19.9. The van der Waals surface area contributed by atoms with E-state index in [2.05, 4.69) is 15.3 Å². The summed E-state index contributed by atoms with van der Waals surface area (Å²) in [5, 5.41) is 14.0. The van der Waals surface area contributed by atoms with Gasteiger partial charge in [-0.05, 0) is 43.5 Å². The number of nitrogens with one attached hydrogen (secondary N) is 1. The molecule has 0 bridgehead atoms. The molecule has 1 atom stereocenters. The van der Waals surface area contributed by atoms with E-state index in [-0.39, 0.29) is 24.2 Å². The Bertz CT molecular complexity index is 1040. The summed E-state index contributed by atoms with van der Waals surface area (Å²) in [6.07, 6.45) is 4.40. The van der Waals surface area contributed by atoms with E-state index in [0.29, 0.717) is 30.4 Å². The third-order valence-corrected chi connectivity index (χ3v) is 5.34. The third kappa shape index (κ3) is 4.13. The summed E-state index contributed by atoms with van der Waals surface area (Å²) in [5.41, 5.74) is 6.84. The Hall–Kier alpha value is -3.39. The van der Waals surface area contributed by atoms with Gasteiger partial charge in [0.15, 0.2) is 0 Å². The predicted octanol–water partition coefficient (Wildman–Crippen LogP) is 2.80. The van der Waals surface area contributed by atoms with Crippen molar-refractivity contribution >= 4 is 28.3 Å². The predicted molar refractivity (Wildman–Crippen MR) is 115 cm³/mol. The third-order valence-electron chi connectivity index (χ3n) is 5.34. The number of piperidine rings is 1. The van der Waals surface area contributed by atoms with E-state index < -0.39 is 0 Å². The number of rotatable bonds is 6. The van der Waals surface area contributed by atoms with Crippen LogP contribution in [0.4, 0.5) is 11.5 Å². The van der Waals surface area contributed by atoms with E-state index >= 15 is 0 Å². The highest BCUT2D eigenvalue weighted by Gasteiger charge is 2.26. The molecule has 2 heterocycles. The second kappa shape index (κ2) is 8.96. The molecule has 0 unspecified atom stereocenters. The fourth-order valence-electron chi connectivity index (χ4n) is 3.81. The van der Waals surface area contributed by atoms with E-state index in [9.17, 15) is 9.90 Å². The molecule has 0 radical (unpaired) electrons. The Morgan fingerprint density at radius 1 is 1.20 bits per heavy atom. The monoisotopic (exact) mass is 407 g/mol. The van der Waals surface area contributed by atoms with Crippen LogP contribution >= 0.6 is 0 Å². The molecule has 1 aliphatic heterocycles. The molecule has 0 saturated carbocycles. The number of para-hydroxylation sites is 2. The number of likely N-dealkylation sites (tertiary alicyclic amines) is 1. The zero-order chi connectivity index (χ0) is 20.9. The van der Waals surface area contributed by atoms with Crippen molar-refractivity contribution in [3.8, 4) is 11.5 Å². The second-order valence-corrected chi connectivity index (χ2v) is 7.27. The number of anilines is 2. The molecule has 8 nitrogen and oxygen atoms in total. The van der Waals surface area contributed by atoms with E-state index in [1.54, 1.807) is 18.2 Å². The Kier molecular flexibility index (Phi) is 5.94. The summed E-state index contributed by atoms with van der Waals surface area (Å²) >= 11 is 0. The molecule has 0 spiro atoms. The molecule has 3 aromatic rings. The number of aromatic nitrogens is 2. The van der Waals surface area contributed by atoms with Crippen LogP contribution in [-0.4, -0.2) is 51.6 Å². The fraction of sp³-hybridized carbons (Fsp3) is 0.318. The van der Waals surface area contributed by atoms with Crippen LogP contribution < -0.4 is 15.8 Å². The minimum atomic E-state index is -0.0496. The highest BCUT2D eigenvalue weighted by molar-refractivity contribution is 5.96. The number of phenolic OH excluding ortho intramolecular Hbond substituents is 1. The van der Waals surface area contributed by atoms with Gasteiger partial charge in [-0.3, -0.25) is 4.79 Å². The van der Waals surface area contributed by atoms with Crippen LogP contribution in [0.1, 0.15) is 19.3 Å². The summed E-state index contributed by atoms with van der Waals surface area (Å²) in [7, 11) is 0. The maximum absolute atomic E-state index is 12.2. The van der Waals surface area contributed by atoms with E-state index in [0.717, 1.165) is 30.2 Å². The van der Waals surface area contributed by atoms with Gasteiger partial charge in [-0.2, -0.15) is 0 Å². The summed E-state index contributed by atoms with van der Waals surface area (Å²) in [5.74, 6) is 1.24. The SMILES string of the molecule is NCC(=O)N1CCCC[C@H]1COc1cccc2ncnc(Nc3ccccc3O)c12. The molecule has 1 aliphatic rings. The number of carbonyl (C=O) groups is 1. The summed E-state index contributed by atoms with van der Waals surface area (Å²) in [6, 6.07) is 12.6. The lowest BCUT2D eigenvalue weighted by Crippen LogP contribution is -2.48. The quantitative estimate of drug-likeness (QED) is 0.538. The van der Waals surface area contributed by atoms with Gasteiger partial charge in [0.1, 0.15) is 30.3 Å². The van der Waals surface area contributed by atoms with Crippen molar-refractivity contribution in [3.63, 3.8) is 0 Å². The molecule has 0 aliphatic carbocycles. The van der Waals surface area contributed by atoms with Crippen LogP contribution in [0, 0.1) is 0 Å². The number of hydrogen-bond acceptors (Lipinski definition) is 7. The van der Waals surface area contributed by atoms with E-state index in [4.69, 9.17) is 10.5 Å². The topological polar surface area (TPSA) is 114 Å². The van der Waals surface area contributed by atoms with Crippen molar-refractivity contribution in [2.45, 2.75) is 25.3 Å². The highest BCUT2D eigenvalue weighted by atomic mass is 16.5. The number of nitrogens with zero attached hydrogens (tertiary/aromatic N) is 3. The zero-order valence-corrected chi connectivity index (χ0v) is 16.6. The number of nitrogens with two attached hydrogens (primary N) is 1. The molecule has 1 saturated heterocycles. The number of carbonyl (C=O) groups excluding carboxylic acids is 1. The first-order valence-electron chi connectivity index (χ1n) is 10.1. The maximum Gasteiger partial charge on any atom is 0.236 e. The van der Waals surface area contributed by atoms with Crippen LogP contribution in [0.3, 0.4) is 0 Å². The Morgan fingerprint density at radius 2 is 2.07 bits per heavy atom. The molecule has 1 fully saturated rings. The minimum Gasteiger partial charge on any atom is -0.506 e. The molecule has 8 heteroatoms. The molecule has 30 heavy (non-hydrogen) atoms. The van der Waals surface area contributed by atoms with Crippen LogP contribution in [0.5, 0.6) is 11.5 Å². The molecule has 2 aromatic carbocycles. The number of phenols is 1. The summed E-state index contributed by atoms with van der Waals surface area (Å²) < 4.78 is 6.18. The van der Waals surface area contributed by atoms with Gasteiger partial charge in [-0.15, -0.1) is 0 Å². The van der Waals surface area contributed by atoms with Crippen LogP contribution in [0.15, 0.2) is 48.8 Å². The second-order valence-electron chi connectivity index (χ2n) is 7.27. The van der Waals surface area contributed by atoms with Crippen molar-refractivity contribution in [1.29, 1.82) is 0 Å². The lowest BCUT2D eigenvalue weighted by Gasteiger charge is -2.35. The number of ether oxygens (including phenoxy) is 1. The van der Waals surface area contributed by atoms with Crippen LogP contribution in [-0.2, 0) is 4.79 Å². The van der Waals surface area contributed by atoms with Gasteiger partial charge in [0, 0.05) is 6.54 Å². The molecule has 156 valence electrons. The number of benzene rings is 2. The largest absolute Gasteiger partial charge is 0.506 e. The van der Waals surface area contributed by atoms with Gasteiger partial charge >= 0.3 is 0 Å². The lowest BCUT2D eigenvalue weighted by atomic mass is 10.0. The normalized spacial score (nSPS) is 16.4. The average molecular weight is 407 g/mol. The van der Waals surface area contributed by atoms with Gasteiger partial charge in [0.2, 0.25) is 5.91 Å². The van der Waals surface area contributed by atoms with Crippen LogP contribution in [0.2, 0.25) is 0 Å². The molecule has 4 N–H and O–H groups in total. The lowest BCUT2D eigenvalue weighted by molar-refractivity contribution is -0.134.